The quantitative estimate of drug-likeness (QED) is 0.593. The van der Waals surface area contributed by atoms with E-state index in [0.29, 0.717) is 0 Å². The molecule has 0 aromatic carbocycles. The first-order chi connectivity index (χ1) is 5.36. The Kier molecular flexibility index (Phi) is 1.66. The third kappa shape index (κ3) is 1.29. The van der Waals surface area contributed by atoms with Crippen molar-refractivity contribution in [1.82, 2.24) is 0 Å². The molecule has 1 radical (unpaired) electrons. The van der Waals surface area contributed by atoms with Gasteiger partial charge in [0, 0.05) is 11.3 Å². The van der Waals surface area contributed by atoms with Gasteiger partial charge in [-0.15, -0.1) is 11.3 Å². The van der Waals surface area contributed by atoms with Crippen LogP contribution in [0.2, 0.25) is 0 Å². The zero-order valence-electron chi connectivity index (χ0n) is 6.37. The lowest BCUT2D eigenvalue weighted by molar-refractivity contribution is 1.49. The van der Waals surface area contributed by atoms with Crippen LogP contribution >= 0.6 is 11.3 Å². The number of allylic oxidation sites excluding steroid dienone is 4. The van der Waals surface area contributed by atoms with Crippen molar-refractivity contribution in [2.24, 2.45) is 0 Å². The van der Waals surface area contributed by atoms with Gasteiger partial charge in [0.1, 0.15) is 0 Å². The second-order valence-electron chi connectivity index (χ2n) is 2.65. The molecule has 2 rings (SSSR count). The van der Waals surface area contributed by atoms with Gasteiger partial charge in [-0.25, -0.2) is 0 Å². The number of rotatable bonds is 1. The minimum atomic E-state index is 1.34. The molecule has 11 heavy (non-hydrogen) atoms. The Morgan fingerprint density at radius 2 is 2.27 bits per heavy atom. The Hall–Kier alpha value is -0.820. The van der Waals surface area contributed by atoms with Crippen LogP contribution in [0.5, 0.6) is 0 Å². The number of hydrogen-bond donors (Lipinski definition) is 0. The normalized spacial score (nSPS) is 16.5. The van der Waals surface area contributed by atoms with Crippen LogP contribution in [0.25, 0.3) is 5.57 Å². The molecule has 0 unspecified atom stereocenters. The van der Waals surface area contributed by atoms with Gasteiger partial charge >= 0.3 is 0 Å². The van der Waals surface area contributed by atoms with Crippen molar-refractivity contribution in [2.75, 3.05) is 0 Å². The lowest BCUT2D eigenvalue weighted by Gasteiger charge is -1.90. The zero-order chi connectivity index (χ0) is 7.68. The molecule has 1 aromatic rings. The Labute approximate surface area is 70.9 Å². The zero-order valence-corrected chi connectivity index (χ0v) is 7.19. The first kappa shape index (κ1) is 6.86. The third-order valence-corrected chi connectivity index (χ3v) is 2.63. The van der Waals surface area contributed by atoms with Gasteiger partial charge in [0.2, 0.25) is 0 Å². The fourth-order valence-corrected chi connectivity index (χ4v) is 1.88. The molecule has 0 saturated carbocycles. The van der Waals surface area contributed by atoms with E-state index in [9.17, 15) is 0 Å². The molecule has 1 heterocycles. The molecule has 0 atom stereocenters. The van der Waals surface area contributed by atoms with Gasteiger partial charge in [-0.2, -0.15) is 0 Å². The van der Waals surface area contributed by atoms with Crippen molar-refractivity contribution in [2.45, 2.75) is 6.92 Å². The van der Waals surface area contributed by atoms with E-state index >= 15 is 0 Å². The van der Waals surface area contributed by atoms with E-state index in [2.05, 4.69) is 43.0 Å². The summed E-state index contributed by atoms with van der Waals surface area (Å²) in [5.74, 6) is 0. The average Bonchev–Trinajstić information content (AvgIpc) is 2.55. The van der Waals surface area contributed by atoms with Gasteiger partial charge in [0.25, 0.3) is 0 Å². The maximum Gasteiger partial charge on any atom is 0.0339 e. The van der Waals surface area contributed by atoms with Gasteiger partial charge in [0.05, 0.1) is 0 Å². The molecule has 0 amide bonds. The first-order valence-corrected chi connectivity index (χ1v) is 4.51. The highest BCUT2D eigenvalue weighted by atomic mass is 32.1. The Balaban J connectivity index is 2.32. The minimum absolute atomic E-state index is 1.34. The first-order valence-electron chi connectivity index (χ1n) is 3.63. The van der Waals surface area contributed by atoms with Gasteiger partial charge in [-0.05, 0) is 23.9 Å². The van der Waals surface area contributed by atoms with Crippen LogP contribution in [0.1, 0.15) is 11.8 Å². The molecular weight excluding hydrogens is 152 g/mol. The summed E-state index contributed by atoms with van der Waals surface area (Å²) in [5, 5.41) is 2.11. The van der Waals surface area contributed by atoms with Crippen molar-refractivity contribution in [3.05, 3.63) is 46.5 Å². The van der Waals surface area contributed by atoms with E-state index in [1.807, 2.05) is 0 Å². The summed E-state index contributed by atoms with van der Waals surface area (Å²) in [6, 6.07) is 4.24. The molecule has 1 heteroatoms. The molecule has 0 nitrogen and oxygen atoms in total. The molecule has 0 saturated heterocycles. The van der Waals surface area contributed by atoms with Crippen molar-refractivity contribution < 1.29 is 0 Å². The van der Waals surface area contributed by atoms with Crippen LogP contribution in [0, 0.1) is 6.42 Å². The summed E-state index contributed by atoms with van der Waals surface area (Å²) < 4.78 is 0. The van der Waals surface area contributed by atoms with E-state index in [0.717, 1.165) is 0 Å². The van der Waals surface area contributed by atoms with Gasteiger partial charge < -0.3 is 0 Å². The van der Waals surface area contributed by atoms with E-state index in [1.165, 1.54) is 16.0 Å². The summed E-state index contributed by atoms with van der Waals surface area (Å²) >= 11 is 1.79. The van der Waals surface area contributed by atoms with Crippen LogP contribution in [-0.4, -0.2) is 0 Å². The highest BCUT2D eigenvalue weighted by Crippen LogP contribution is 2.27. The van der Waals surface area contributed by atoms with E-state index in [1.54, 1.807) is 11.3 Å². The molecular formula is C10H9S. The lowest BCUT2D eigenvalue weighted by Crippen LogP contribution is -1.67. The topological polar surface area (TPSA) is 0 Å². The van der Waals surface area contributed by atoms with Crippen LogP contribution < -0.4 is 0 Å². The molecule has 1 aliphatic rings. The second-order valence-corrected chi connectivity index (χ2v) is 3.60. The van der Waals surface area contributed by atoms with Gasteiger partial charge in [0.15, 0.2) is 0 Å². The summed E-state index contributed by atoms with van der Waals surface area (Å²) in [5.41, 5.74) is 2.69. The third-order valence-electron chi connectivity index (χ3n) is 1.71. The highest BCUT2D eigenvalue weighted by molar-refractivity contribution is 7.11. The van der Waals surface area contributed by atoms with E-state index in [-0.39, 0.29) is 0 Å². The summed E-state index contributed by atoms with van der Waals surface area (Å²) in [7, 11) is 0. The van der Waals surface area contributed by atoms with Crippen molar-refractivity contribution in [3.8, 4) is 0 Å². The largest absolute Gasteiger partial charge is 0.144 e. The summed E-state index contributed by atoms with van der Waals surface area (Å²) in [6.45, 7) is 2.12. The molecule has 0 bridgehead atoms. The Bertz CT molecular complexity index is 302. The lowest BCUT2D eigenvalue weighted by atomic mass is 10.2. The average molecular weight is 161 g/mol. The van der Waals surface area contributed by atoms with E-state index < -0.39 is 0 Å². The fraction of sp³-hybridized carbons (Fsp3) is 0.100. The molecule has 55 valence electrons. The predicted molar refractivity (Wildman–Crippen MR) is 50.4 cm³/mol. The minimum Gasteiger partial charge on any atom is -0.144 e. The highest BCUT2D eigenvalue weighted by Gasteiger charge is 2.05. The summed E-state index contributed by atoms with van der Waals surface area (Å²) in [6.07, 6.45) is 6.53. The Morgan fingerprint density at radius 3 is 2.82 bits per heavy atom. The molecule has 0 spiro atoms. The molecule has 0 fully saturated rings. The monoisotopic (exact) mass is 161 g/mol. The van der Waals surface area contributed by atoms with Gasteiger partial charge in [-0.1, -0.05) is 23.8 Å². The van der Waals surface area contributed by atoms with Crippen LogP contribution in [-0.2, 0) is 0 Å². The van der Waals surface area contributed by atoms with Crippen molar-refractivity contribution in [3.63, 3.8) is 0 Å². The van der Waals surface area contributed by atoms with Crippen LogP contribution in [0.3, 0.4) is 0 Å². The molecule has 1 aliphatic carbocycles. The number of hydrogen-bond acceptors (Lipinski definition) is 1. The van der Waals surface area contributed by atoms with Gasteiger partial charge in [-0.3, -0.25) is 0 Å². The standard InChI is InChI=1S/C10H9S/c1-8-4-5-9(7-8)10-3-2-6-11-10/h2-7H,1H3. The molecule has 0 N–H and O–H groups in total. The maximum absolute atomic E-state index is 2.21. The SMILES string of the molecule is CC1=CC(c2cccs2)=C[CH]1. The smallest absolute Gasteiger partial charge is 0.0339 e. The number of thiophene rings is 1. The second kappa shape index (κ2) is 2.67. The summed E-state index contributed by atoms with van der Waals surface area (Å²) in [4.78, 5) is 1.36. The maximum atomic E-state index is 2.21. The van der Waals surface area contributed by atoms with Crippen molar-refractivity contribution in [1.29, 1.82) is 0 Å². The molecule has 1 aromatic heterocycles. The fourth-order valence-electron chi connectivity index (χ4n) is 1.16. The van der Waals surface area contributed by atoms with Crippen molar-refractivity contribution >= 4 is 16.9 Å². The Morgan fingerprint density at radius 1 is 1.36 bits per heavy atom. The predicted octanol–water partition coefficient (Wildman–Crippen LogP) is 3.30. The van der Waals surface area contributed by atoms with Crippen LogP contribution in [0.15, 0.2) is 35.2 Å². The van der Waals surface area contributed by atoms with E-state index in [4.69, 9.17) is 0 Å². The van der Waals surface area contributed by atoms with Crippen LogP contribution in [0.4, 0.5) is 0 Å². The molecule has 0 aliphatic heterocycles.